The molecule has 5 rings (SSSR count). The van der Waals surface area contributed by atoms with Crippen LogP contribution in [-0.2, 0) is 21.4 Å². The van der Waals surface area contributed by atoms with Crippen LogP contribution in [0.3, 0.4) is 0 Å². The van der Waals surface area contributed by atoms with Crippen LogP contribution in [0.4, 0.5) is 0 Å². The average Bonchev–Trinajstić information content (AvgIpc) is 2.85. The van der Waals surface area contributed by atoms with E-state index in [1.165, 1.54) is 21.3 Å². The van der Waals surface area contributed by atoms with Crippen LogP contribution in [0.5, 0.6) is 11.5 Å². The van der Waals surface area contributed by atoms with Gasteiger partial charge in [-0.1, -0.05) is 17.3 Å². The molecule has 0 aliphatic carbocycles. The summed E-state index contributed by atoms with van der Waals surface area (Å²) in [6.07, 6.45) is 0. The number of sulfonamides is 1. The highest BCUT2D eigenvalue weighted by Crippen LogP contribution is 2.33. The zero-order chi connectivity index (χ0) is 23.0. The second-order valence-electron chi connectivity index (χ2n) is 7.66. The number of hydrogen-bond acceptors (Lipinski definition) is 8. The predicted octanol–water partition coefficient (Wildman–Crippen LogP) is 0.0958. The van der Waals surface area contributed by atoms with Crippen LogP contribution in [0.15, 0.2) is 52.2 Å². The highest BCUT2D eigenvalue weighted by molar-refractivity contribution is 7.89. The van der Waals surface area contributed by atoms with Crippen molar-refractivity contribution in [3.63, 3.8) is 0 Å². The van der Waals surface area contributed by atoms with Crippen molar-refractivity contribution in [3.05, 3.63) is 52.8 Å². The molecule has 2 aliphatic rings. The van der Waals surface area contributed by atoms with Gasteiger partial charge in [-0.3, -0.25) is 9.59 Å². The number of piperazine rings is 1. The molecule has 11 nitrogen and oxygen atoms in total. The summed E-state index contributed by atoms with van der Waals surface area (Å²) in [6.45, 7) is 1.22. The Hall–Kier alpha value is -3.51. The van der Waals surface area contributed by atoms with E-state index in [9.17, 15) is 18.0 Å². The molecular weight excluding hydrogens is 450 g/mol. The second kappa shape index (κ2) is 8.45. The molecule has 172 valence electrons. The fourth-order valence-corrected chi connectivity index (χ4v) is 5.30. The Morgan fingerprint density at radius 2 is 1.70 bits per heavy atom. The largest absolute Gasteiger partial charge is 0.486 e. The lowest BCUT2D eigenvalue weighted by Crippen LogP contribution is -2.51. The molecule has 2 aliphatic heterocycles. The summed E-state index contributed by atoms with van der Waals surface area (Å²) >= 11 is 0. The smallest absolute Gasteiger partial charge is 0.278 e. The highest BCUT2D eigenvalue weighted by atomic mass is 32.2. The molecule has 0 N–H and O–H groups in total. The standard InChI is InChI=1S/C21H21N5O6S/c27-20(14-26-21(28)16-3-1-2-4-17(16)22-23-26)24-7-9-25(10-8-24)33(29,30)15-5-6-18-19(13-15)32-12-11-31-18/h1-6,13H,7-12,14H2. The number of amides is 1. The van der Waals surface area contributed by atoms with Gasteiger partial charge in [0.2, 0.25) is 15.9 Å². The van der Waals surface area contributed by atoms with Crippen molar-refractivity contribution in [3.8, 4) is 11.5 Å². The van der Waals surface area contributed by atoms with Gasteiger partial charge in [0, 0.05) is 32.2 Å². The molecule has 2 aromatic carbocycles. The Bertz CT molecular complexity index is 1380. The third-order valence-corrected chi connectivity index (χ3v) is 7.55. The van der Waals surface area contributed by atoms with Gasteiger partial charge in [0.15, 0.2) is 11.5 Å². The van der Waals surface area contributed by atoms with Gasteiger partial charge in [-0.2, -0.15) is 4.31 Å². The maximum Gasteiger partial charge on any atom is 0.278 e. The van der Waals surface area contributed by atoms with Crippen molar-refractivity contribution in [2.75, 3.05) is 39.4 Å². The van der Waals surface area contributed by atoms with Crippen LogP contribution < -0.4 is 15.0 Å². The summed E-state index contributed by atoms with van der Waals surface area (Å²) in [4.78, 5) is 27.0. The fourth-order valence-electron chi connectivity index (χ4n) is 3.87. The van der Waals surface area contributed by atoms with E-state index < -0.39 is 15.6 Å². The number of aromatic nitrogens is 3. The summed E-state index contributed by atoms with van der Waals surface area (Å²) in [5.41, 5.74) is 0.0675. The van der Waals surface area contributed by atoms with E-state index in [-0.39, 0.29) is 43.5 Å². The normalized spacial score (nSPS) is 16.7. The topological polar surface area (TPSA) is 124 Å². The van der Waals surface area contributed by atoms with Gasteiger partial charge in [-0.05, 0) is 24.3 Å². The third kappa shape index (κ3) is 4.02. The minimum absolute atomic E-state index is 0.115. The summed E-state index contributed by atoms with van der Waals surface area (Å²) in [5.74, 6) is 0.596. The Morgan fingerprint density at radius 1 is 0.970 bits per heavy atom. The number of ether oxygens (including phenoxy) is 2. The van der Waals surface area contributed by atoms with Crippen LogP contribution in [0.1, 0.15) is 0 Å². The Labute approximate surface area is 189 Å². The average molecular weight is 471 g/mol. The molecule has 1 amide bonds. The molecule has 12 heteroatoms. The van der Waals surface area contributed by atoms with Crippen molar-refractivity contribution in [2.24, 2.45) is 0 Å². The highest BCUT2D eigenvalue weighted by Gasteiger charge is 2.31. The Kier molecular flexibility index (Phi) is 5.46. The lowest BCUT2D eigenvalue weighted by Gasteiger charge is -2.34. The van der Waals surface area contributed by atoms with Crippen molar-refractivity contribution < 1.29 is 22.7 Å². The van der Waals surface area contributed by atoms with Crippen LogP contribution in [0.25, 0.3) is 10.9 Å². The number of fused-ring (bicyclic) bond motifs is 2. The molecule has 0 radical (unpaired) electrons. The lowest BCUT2D eigenvalue weighted by molar-refractivity contribution is -0.133. The van der Waals surface area contributed by atoms with Crippen LogP contribution >= 0.6 is 0 Å². The quantitative estimate of drug-likeness (QED) is 0.525. The summed E-state index contributed by atoms with van der Waals surface area (Å²) < 4.78 is 39.4. The van der Waals surface area contributed by atoms with Gasteiger partial charge < -0.3 is 14.4 Å². The van der Waals surface area contributed by atoms with E-state index in [0.29, 0.717) is 35.6 Å². The zero-order valence-electron chi connectivity index (χ0n) is 17.6. The number of carbonyl (C=O) groups excluding carboxylic acids is 1. The first-order valence-electron chi connectivity index (χ1n) is 10.4. The van der Waals surface area contributed by atoms with Crippen molar-refractivity contribution in [2.45, 2.75) is 11.4 Å². The van der Waals surface area contributed by atoms with E-state index in [1.807, 2.05) is 0 Å². The van der Waals surface area contributed by atoms with E-state index >= 15 is 0 Å². The van der Waals surface area contributed by atoms with Crippen LogP contribution in [-0.4, -0.2) is 77.9 Å². The van der Waals surface area contributed by atoms with Gasteiger partial charge in [0.05, 0.1) is 10.3 Å². The molecular formula is C21H21N5O6S. The number of carbonyl (C=O) groups is 1. The van der Waals surface area contributed by atoms with Crippen molar-refractivity contribution >= 4 is 26.8 Å². The Balaban J connectivity index is 1.26. The van der Waals surface area contributed by atoms with Gasteiger partial charge in [-0.25, -0.2) is 13.1 Å². The van der Waals surface area contributed by atoms with Gasteiger partial charge in [-0.15, -0.1) is 5.10 Å². The molecule has 0 unspecified atom stereocenters. The Morgan fingerprint density at radius 3 is 2.48 bits per heavy atom. The van der Waals surface area contributed by atoms with Gasteiger partial charge in [0.25, 0.3) is 5.56 Å². The first-order valence-corrected chi connectivity index (χ1v) is 11.9. The predicted molar refractivity (Wildman–Crippen MR) is 117 cm³/mol. The molecule has 0 spiro atoms. The van der Waals surface area contributed by atoms with Gasteiger partial charge >= 0.3 is 0 Å². The maximum atomic E-state index is 13.1. The number of hydrogen-bond donors (Lipinski definition) is 0. The number of nitrogens with zero attached hydrogens (tertiary/aromatic N) is 5. The summed E-state index contributed by atoms with van der Waals surface area (Å²) in [6, 6.07) is 11.3. The van der Waals surface area contributed by atoms with Crippen molar-refractivity contribution in [1.82, 2.24) is 24.2 Å². The minimum Gasteiger partial charge on any atom is -0.486 e. The molecule has 1 fully saturated rings. The molecule has 33 heavy (non-hydrogen) atoms. The summed E-state index contributed by atoms with van der Waals surface area (Å²) in [5, 5.41) is 8.22. The third-order valence-electron chi connectivity index (χ3n) is 5.66. The van der Waals surface area contributed by atoms with E-state index in [4.69, 9.17) is 9.47 Å². The number of benzene rings is 2. The van der Waals surface area contributed by atoms with Crippen LogP contribution in [0, 0.1) is 0 Å². The SMILES string of the molecule is O=C(Cn1nnc2ccccc2c1=O)N1CCN(S(=O)(=O)c2ccc3c(c2)OCCO3)CC1. The lowest BCUT2D eigenvalue weighted by atomic mass is 10.2. The first kappa shape index (κ1) is 21.3. The first-order chi connectivity index (χ1) is 15.9. The molecule has 3 aromatic rings. The second-order valence-corrected chi connectivity index (χ2v) is 9.60. The zero-order valence-corrected chi connectivity index (χ0v) is 18.4. The molecule has 0 bridgehead atoms. The monoisotopic (exact) mass is 471 g/mol. The minimum atomic E-state index is -3.75. The molecule has 0 saturated carbocycles. The van der Waals surface area contributed by atoms with Gasteiger partial charge in [0.1, 0.15) is 25.3 Å². The van der Waals surface area contributed by atoms with E-state index in [1.54, 1.807) is 30.3 Å². The maximum absolute atomic E-state index is 13.1. The molecule has 1 aromatic heterocycles. The van der Waals surface area contributed by atoms with Crippen LogP contribution in [0.2, 0.25) is 0 Å². The fraction of sp³-hybridized carbons (Fsp3) is 0.333. The molecule has 1 saturated heterocycles. The van der Waals surface area contributed by atoms with E-state index in [0.717, 1.165) is 4.68 Å². The molecule has 3 heterocycles. The summed E-state index contributed by atoms with van der Waals surface area (Å²) in [7, 11) is -3.75. The molecule has 0 atom stereocenters. The van der Waals surface area contributed by atoms with E-state index in [2.05, 4.69) is 10.3 Å². The number of rotatable bonds is 4. The van der Waals surface area contributed by atoms with Crippen molar-refractivity contribution in [1.29, 1.82) is 0 Å².